The number of benzene rings is 3. The highest BCUT2D eigenvalue weighted by Crippen LogP contribution is 2.27. The van der Waals surface area contributed by atoms with Gasteiger partial charge in [0, 0.05) is 12.6 Å². The number of likely N-dealkylation sites (N-methyl/N-ethyl adjacent to an activating group) is 1. The number of rotatable bonds is 7. The van der Waals surface area contributed by atoms with Crippen molar-refractivity contribution in [1.82, 2.24) is 4.90 Å². The van der Waals surface area contributed by atoms with Crippen LogP contribution in [0, 0.1) is 0 Å². The van der Waals surface area contributed by atoms with Gasteiger partial charge in [0.15, 0.2) is 11.9 Å². The van der Waals surface area contributed by atoms with E-state index in [0.717, 1.165) is 0 Å². The van der Waals surface area contributed by atoms with E-state index in [2.05, 4.69) is 4.40 Å². The van der Waals surface area contributed by atoms with Crippen molar-refractivity contribution in [3.63, 3.8) is 0 Å². The van der Waals surface area contributed by atoms with Crippen LogP contribution in [-0.2, 0) is 14.8 Å². The van der Waals surface area contributed by atoms with Crippen LogP contribution >= 0.6 is 0 Å². The van der Waals surface area contributed by atoms with Crippen LogP contribution in [0.1, 0.15) is 15.9 Å². The predicted molar refractivity (Wildman–Crippen MR) is 120 cm³/mol. The molecule has 0 aliphatic carbocycles. The predicted octanol–water partition coefficient (Wildman–Crippen LogP) is 3.37. The van der Waals surface area contributed by atoms with Crippen molar-refractivity contribution < 1.29 is 22.7 Å². The quantitative estimate of drug-likeness (QED) is 0.513. The molecular weight excluding hydrogens is 428 g/mol. The van der Waals surface area contributed by atoms with Gasteiger partial charge in [-0.2, -0.15) is 8.42 Å². The minimum atomic E-state index is -3.75. The van der Waals surface area contributed by atoms with E-state index in [1.54, 1.807) is 54.4 Å². The highest BCUT2D eigenvalue weighted by molar-refractivity contribution is 7.90. The molecule has 0 bridgehead atoms. The Hall–Kier alpha value is -3.65. The van der Waals surface area contributed by atoms with Crippen LogP contribution < -0.4 is 4.74 Å². The van der Waals surface area contributed by atoms with Crippen molar-refractivity contribution in [2.24, 2.45) is 4.40 Å². The molecule has 1 aliphatic heterocycles. The summed E-state index contributed by atoms with van der Waals surface area (Å²) in [7, 11) is -2.04. The average molecular weight is 451 g/mol. The number of nitrogens with zero attached hydrogens (tertiary/aromatic N) is 2. The third-order valence-corrected chi connectivity index (χ3v) is 6.24. The maximum atomic E-state index is 12.6. The van der Waals surface area contributed by atoms with E-state index in [-0.39, 0.29) is 18.0 Å². The summed E-state index contributed by atoms with van der Waals surface area (Å²) in [6, 6.07) is 24.5. The summed E-state index contributed by atoms with van der Waals surface area (Å²) < 4.78 is 40.3. The van der Waals surface area contributed by atoms with Gasteiger partial charge in [0.05, 0.1) is 12.1 Å². The van der Waals surface area contributed by atoms with Gasteiger partial charge in [0.25, 0.3) is 10.0 Å². The van der Waals surface area contributed by atoms with Gasteiger partial charge in [-0.1, -0.05) is 48.5 Å². The topological polar surface area (TPSA) is 85.3 Å². The number of amidine groups is 1. The molecule has 1 aliphatic rings. The zero-order valence-corrected chi connectivity index (χ0v) is 18.2. The van der Waals surface area contributed by atoms with E-state index in [4.69, 9.17) is 9.47 Å². The van der Waals surface area contributed by atoms with Gasteiger partial charge in [-0.25, -0.2) is 4.79 Å². The zero-order valence-electron chi connectivity index (χ0n) is 17.4. The fourth-order valence-corrected chi connectivity index (χ4v) is 4.63. The first-order chi connectivity index (χ1) is 15.4. The number of para-hydroxylation sites is 1. The molecule has 0 amide bonds. The van der Waals surface area contributed by atoms with Crippen molar-refractivity contribution in [1.29, 1.82) is 0 Å². The van der Waals surface area contributed by atoms with E-state index in [0.29, 0.717) is 22.7 Å². The minimum Gasteiger partial charge on any atom is -0.490 e. The highest BCUT2D eigenvalue weighted by atomic mass is 32.2. The van der Waals surface area contributed by atoms with E-state index in [1.165, 1.54) is 6.07 Å². The summed E-state index contributed by atoms with van der Waals surface area (Å²) in [6.45, 7) is 0.280. The normalized spacial score (nSPS) is 14.7. The Balaban J connectivity index is 1.53. The number of ether oxygens (including phenoxy) is 2. The Morgan fingerprint density at radius 3 is 2.28 bits per heavy atom. The summed E-state index contributed by atoms with van der Waals surface area (Å²) in [5, 5.41) is 0. The molecule has 1 heterocycles. The number of esters is 1. The van der Waals surface area contributed by atoms with Gasteiger partial charge in [0.1, 0.15) is 17.3 Å². The summed E-state index contributed by atoms with van der Waals surface area (Å²) >= 11 is 0. The second kappa shape index (κ2) is 9.23. The molecule has 0 unspecified atom stereocenters. The van der Waals surface area contributed by atoms with E-state index in [1.807, 2.05) is 36.4 Å². The molecule has 1 atom stereocenters. The number of sulfonamides is 1. The lowest BCUT2D eigenvalue weighted by Crippen LogP contribution is -2.39. The third kappa shape index (κ3) is 4.81. The molecule has 0 fully saturated rings. The molecule has 0 N–H and O–H groups in total. The molecule has 3 aromatic carbocycles. The van der Waals surface area contributed by atoms with E-state index < -0.39 is 22.1 Å². The number of fused-ring (bicyclic) bond motifs is 1. The van der Waals surface area contributed by atoms with Crippen molar-refractivity contribution in [2.45, 2.75) is 11.0 Å². The van der Waals surface area contributed by atoms with Crippen LogP contribution in [0.5, 0.6) is 5.75 Å². The second-order valence-electron chi connectivity index (χ2n) is 7.28. The molecule has 0 spiro atoms. The summed E-state index contributed by atoms with van der Waals surface area (Å²) in [5.74, 6) is 0.463. The largest absolute Gasteiger partial charge is 0.490 e. The van der Waals surface area contributed by atoms with Gasteiger partial charge in [-0.05, 0) is 36.4 Å². The van der Waals surface area contributed by atoms with Crippen LogP contribution in [0.25, 0.3) is 0 Å². The SMILES string of the molecule is CN(C[C@H](COc1ccccc1)OC(=O)c1ccccc1)C1=NS(=O)(=O)c2ccccc21. The van der Waals surface area contributed by atoms with Gasteiger partial charge in [0.2, 0.25) is 0 Å². The van der Waals surface area contributed by atoms with Crippen LogP contribution in [0.4, 0.5) is 0 Å². The molecule has 0 aromatic heterocycles. The average Bonchev–Trinajstić information content (AvgIpc) is 3.10. The molecule has 8 heteroatoms. The summed E-state index contributed by atoms with van der Waals surface area (Å²) in [4.78, 5) is 14.5. The Labute approximate surface area is 187 Å². The molecule has 7 nitrogen and oxygen atoms in total. The second-order valence-corrected chi connectivity index (χ2v) is 8.86. The van der Waals surface area contributed by atoms with Crippen LogP contribution in [0.2, 0.25) is 0 Å². The van der Waals surface area contributed by atoms with E-state index in [9.17, 15) is 13.2 Å². The number of hydrogen-bond donors (Lipinski definition) is 0. The minimum absolute atomic E-state index is 0.0919. The molecule has 0 saturated heterocycles. The first kappa shape index (κ1) is 21.6. The lowest BCUT2D eigenvalue weighted by molar-refractivity contribution is 0.0130. The fraction of sp³-hybridized carbons (Fsp3) is 0.167. The first-order valence-electron chi connectivity index (χ1n) is 10.0. The van der Waals surface area contributed by atoms with E-state index >= 15 is 0 Å². The Morgan fingerprint density at radius 2 is 1.56 bits per heavy atom. The Morgan fingerprint density at radius 1 is 0.938 bits per heavy atom. The van der Waals surface area contributed by atoms with Crippen molar-refractivity contribution in [2.75, 3.05) is 20.2 Å². The lowest BCUT2D eigenvalue weighted by Gasteiger charge is -2.25. The third-order valence-electron chi connectivity index (χ3n) is 4.91. The number of hydrogen-bond acceptors (Lipinski definition) is 6. The smallest absolute Gasteiger partial charge is 0.338 e. The van der Waals surface area contributed by atoms with Crippen LogP contribution in [0.15, 0.2) is 94.2 Å². The fourth-order valence-electron chi connectivity index (χ4n) is 3.38. The summed E-state index contributed by atoms with van der Waals surface area (Å²) in [6.07, 6.45) is -0.675. The van der Waals surface area contributed by atoms with Gasteiger partial charge < -0.3 is 14.4 Å². The van der Waals surface area contributed by atoms with Crippen molar-refractivity contribution in [3.05, 3.63) is 96.1 Å². The van der Waals surface area contributed by atoms with Gasteiger partial charge in [-0.3, -0.25) is 0 Å². The Bertz CT molecular complexity index is 1230. The molecule has 164 valence electrons. The van der Waals surface area contributed by atoms with Crippen molar-refractivity contribution >= 4 is 21.8 Å². The first-order valence-corrected chi connectivity index (χ1v) is 11.5. The van der Waals surface area contributed by atoms with Crippen molar-refractivity contribution in [3.8, 4) is 5.75 Å². The monoisotopic (exact) mass is 450 g/mol. The molecule has 4 rings (SSSR count). The van der Waals surface area contributed by atoms with Gasteiger partial charge in [-0.15, -0.1) is 4.40 Å². The molecule has 3 aromatic rings. The van der Waals surface area contributed by atoms with Crippen LogP contribution in [0.3, 0.4) is 0 Å². The molecule has 0 saturated carbocycles. The molecule has 0 radical (unpaired) electrons. The molecule has 32 heavy (non-hydrogen) atoms. The lowest BCUT2D eigenvalue weighted by atomic mass is 10.2. The Kier molecular flexibility index (Phi) is 6.23. The number of carbonyl (C=O) groups excluding carboxylic acids is 1. The van der Waals surface area contributed by atoms with Gasteiger partial charge >= 0.3 is 5.97 Å². The zero-order chi connectivity index (χ0) is 22.6. The standard InChI is InChI=1S/C24H22N2O5S/c1-26(23-21-14-8-9-15-22(21)32(28,29)25-23)16-20(17-30-19-12-6-3-7-13-19)31-24(27)18-10-4-2-5-11-18/h2-15,20H,16-17H2,1H3/t20-/m1/s1. The maximum absolute atomic E-state index is 12.6. The summed E-state index contributed by atoms with van der Waals surface area (Å²) in [5.41, 5.74) is 0.943. The number of carbonyl (C=O) groups is 1. The highest BCUT2D eigenvalue weighted by Gasteiger charge is 2.31. The molecular formula is C24H22N2O5S. The maximum Gasteiger partial charge on any atom is 0.338 e. The van der Waals surface area contributed by atoms with Crippen LogP contribution in [-0.4, -0.2) is 51.4 Å².